The molecule has 0 aromatic heterocycles. The third-order valence-corrected chi connectivity index (χ3v) is 12.1. The van der Waals surface area contributed by atoms with E-state index in [1.54, 1.807) is 11.1 Å². The molecule has 3 heteroatoms. The first-order valence-electron chi connectivity index (χ1n) is 21.6. The van der Waals surface area contributed by atoms with E-state index in [0.29, 0.717) is 0 Å². The Hall–Kier alpha value is -2.29. The molecule has 0 radical (unpaired) electrons. The average molecular weight is 687 g/mol. The topological polar surface area (TPSA) is 35.5 Å². The van der Waals surface area contributed by atoms with E-state index >= 15 is 0 Å². The van der Waals surface area contributed by atoms with Gasteiger partial charge in [0.25, 0.3) is 0 Å². The van der Waals surface area contributed by atoms with E-state index in [1.807, 2.05) is 0 Å². The number of unbranched alkanes of at least 4 members (excludes halogenated alkanes) is 6. The molecular weight excluding hydrogens is 613 g/mol. The first-order valence-corrected chi connectivity index (χ1v) is 21.6. The van der Waals surface area contributed by atoms with Crippen molar-refractivity contribution in [2.45, 2.75) is 220 Å². The molecule has 0 saturated heterocycles. The van der Waals surface area contributed by atoms with Gasteiger partial charge in [0.2, 0.25) is 0 Å². The zero-order chi connectivity index (χ0) is 35.8. The molecule has 0 atom stereocenters. The molecule has 2 aromatic rings. The van der Waals surface area contributed by atoms with Gasteiger partial charge in [0.15, 0.2) is 0 Å². The van der Waals surface area contributed by atoms with Crippen LogP contribution in [0.2, 0.25) is 0 Å². The Labute approximate surface area is 308 Å². The zero-order valence-electron chi connectivity index (χ0n) is 33.4. The number of aryl methyl sites for hydroxylation is 2. The maximum absolute atomic E-state index is 14.4. The van der Waals surface area contributed by atoms with Gasteiger partial charge in [0.1, 0.15) is 11.2 Å². The number of rotatable bonds is 22. The van der Waals surface area contributed by atoms with Crippen molar-refractivity contribution in [2.75, 3.05) is 0 Å². The van der Waals surface area contributed by atoms with Crippen molar-refractivity contribution in [1.29, 1.82) is 0 Å². The minimum Gasteiger partial charge on any atom is -0.423 e. The summed E-state index contributed by atoms with van der Waals surface area (Å²) in [5.74, 6) is 0. The van der Waals surface area contributed by atoms with Gasteiger partial charge in [-0.05, 0) is 173 Å². The van der Waals surface area contributed by atoms with Crippen molar-refractivity contribution in [3.05, 3.63) is 68.8 Å². The van der Waals surface area contributed by atoms with Crippen LogP contribution in [0.1, 0.15) is 214 Å². The summed E-state index contributed by atoms with van der Waals surface area (Å²) in [6.07, 6.45) is 28.5. The molecule has 0 N–H and O–H groups in total. The second-order valence-electron chi connectivity index (χ2n) is 15.9. The number of carbonyl (C=O) groups is 1. The molecule has 2 saturated carbocycles. The van der Waals surface area contributed by atoms with Gasteiger partial charge in [0.05, 0.1) is 0 Å². The molecule has 3 nitrogen and oxygen atoms in total. The lowest BCUT2D eigenvalue weighted by molar-refractivity contribution is -0.0841. The molecule has 4 rings (SSSR count). The van der Waals surface area contributed by atoms with Gasteiger partial charge in [-0.15, -0.1) is 0 Å². The summed E-state index contributed by atoms with van der Waals surface area (Å²) >= 11 is 0. The maximum Gasteiger partial charge on any atom is 0.510 e. The summed E-state index contributed by atoms with van der Waals surface area (Å²) < 4.78 is 13.7. The van der Waals surface area contributed by atoms with Crippen molar-refractivity contribution in [2.24, 2.45) is 0 Å². The molecule has 0 aliphatic heterocycles. The summed E-state index contributed by atoms with van der Waals surface area (Å²) in [5, 5.41) is 0. The van der Waals surface area contributed by atoms with Crippen LogP contribution in [0.15, 0.2) is 24.3 Å². The number of ether oxygens (including phenoxy) is 2. The van der Waals surface area contributed by atoms with Crippen molar-refractivity contribution >= 4 is 6.16 Å². The molecule has 0 bridgehead atoms. The Kier molecular flexibility index (Phi) is 16.7. The van der Waals surface area contributed by atoms with Crippen molar-refractivity contribution in [3.8, 4) is 0 Å². The predicted molar refractivity (Wildman–Crippen MR) is 212 cm³/mol. The van der Waals surface area contributed by atoms with Gasteiger partial charge in [-0.2, -0.15) is 0 Å². The highest BCUT2D eigenvalue weighted by Crippen LogP contribution is 2.49. The van der Waals surface area contributed by atoms with Crippen LogP contribution >= 0.6 is 0 Å². The fourth-order valence-electron chi connectivity index (χ4n) is 9.23. The Morgan fingerprint density at radius 3 is 1.08 bits per heavy atom. The monoisotopic (exact) mass is 687 g/mol. The van der Waals surface area contributed by atoms with Crippen LogP contribution in [0.3, 0.4) is 0 Å². The normalized spacial score (nSPS) is 16.6. The Morgan fingerprint density at radius 1 is 0.460 bits per heavy atom. The van der Waals surface area contributed by atoms with Gasteiger partial charge in [0, 0.05) is 0 Å². The van der Waals surface area contributed by atoms with Crippen LogP contribution in [0.25, 0.3) is 0 Å². The minimum atomic E-state index is -0.592. The highest BCUT2D eigenvalue weighted by atomic mass is 16.7. The largest absolute Gasteiger partial charge is 0.510 e. The molecular formula is C47H74O3. The SMILES string of the molecule is CCCCc1ccc(C2(OC(=O)OC3(c4ccc(CCCC)c(CCCC)c4CCCC)CCCC3)CCCC2)c(CCCC)c1CCCC. The zero-order valence-corrected chi connectivity index (χ0v) is 33.4. The highest BCUT2D eigenvalue weighted by Gasteiger charge is 2.46. The lowest BCUT2D eigenvalue weighted by Gasteiger charge is -2.37. The Morgan fingerprint density at radius 2 is 0.760 bits per heavy atom. The molecule has 0 spiro atoms. The standard InChI is InChI=1S/C47H74O3/c1-7-13-23-37-29-31-43(41(27-17-11-5)39(37)25-15-9-3)46(33-19-20-34-46)49-45(48)50-47(35-21-22-36-47)44-32-30-38(24-14-8-2)40(26-16-10-4)42(44)28-18-12-6/h29-32H,7-28,33-36H2,1-6H3. The van der Waals surface area contributed by atoms with E-state index in [4.69, 9.17) is 9.47 Å². The summed E-state index contributed by atoms with van der Waals surface area (Å²) in [4.78, 5) is 14.4. The van der Waals surface area contributed by atoms with Gasteiger partial charge < -0.3 is 9.47 Å². The molecule has 50 heavy (non-hydrogen) atoms. The second kappa shape index (κ2) is 20.7. The van der Waals surface area contributed by atoms with Crippen LogP contribution in [0.5, 0.6) is 0 Å². The number of carbonyl (C=O) groups excluding carboxylic acids is 1. The third-order valence-electron chi connectivity index (χ3n) is 12.1. The van der Waals surface area contributed by atoms with Crippen molar-refractivity contribution in [1.82, 2.24) is 0 Å². The first kappa shape index (κ1) is 40.5. The van der Waals surface area contributed by atoms with E-state index in [-0.39, 0.29) is 0 Å². The maximum atomic E-state index is 14.4. The molecule has 0 amide bonds. The van der Waals surface area contributed by atoms with E-state index in [9.17, 15) is 4.79 Å². The summed E-state index contributed by atoms with van der Waals surface area (Å²) in [6.45, 7) is 13.8. The lowest BCUT2D eigenvalue weighted by Crippen LogP contribution is -2.37. The molecule has 2 aliphatic rings. The Balaban J connectivity index is 1.75. The predicted octanol–water partition coefficient (Wildman–Crippen LogP) is 14.1. The van der Waals surface area contributed by atoms with Gasteiger partial charge in [-0.1, -0.05) is 104 Å². The number of hydrogen-bond acceptors (Lipinski definition) is 3. The highest BCUT2D eigenvalue weighted by molar-refractivity contribution is 5.63. The quantitative estimate of drug-likeness (QED) is 0.116. The fraction of sp³-hybridized carbons (Fsp3) is 0.723. The molecule has 2 aromatic carbocycles. The average Bonchev–Trinajstić information content (AvgIpc) is 3.80. The molecule has 0 unspecified atom stereocenters. The van der Waals surface area contributed by atoms with Crippen molar-refractivity contribution < 1.29 is 14.3 Å². The van der Waals surface area contributed by atoms with Crippen molar-refractivity contribution in [3.63, 3.8) is 0 Å². The van der Waals surface area contributed by atoms with Crippen LogP contribution in [0, 0.1) is 0 Å². The van der Waals surface area contributed by atoms with Crippen LogP contribution in [0.4, 0.5) is 4.79 Å². The smallest absolute Gasteiger partial charge is 0.423 e. The van der Waals surface area contributed by atoms with Crippen LogP contribution in [-0.2, 0) is 59.2 Å². The van der Waals surface area contributed by atoms with Crippen LogP contribution in [-0.4, -0.2) is 6.16 Å². The van der Waals surface area contributed by atoms with E-state index in [0.717, 1.165) is 89.9 Å². The molecule has 280 valence electrons. The summed E-state index contributed by atoms with van der Waals surface area (Å²) in [7, 11) is 0. The fourth-order valence-corrected chi connectivity index (χ4v) is 9.23. The summed E-state index contributed by atoms with van der Waals surface area (Å²) in [6, 6.07) is 9.54. The molecule has 0 heterocycles. The minimum absolute atomic E-state index is 0.438. The first-order chi connectivity index (χ1) is 24.4. The van der Waals surface area contributed by atoms with Gasteiger partial charge >= 0.3 is 6.16 Å². The third kappa shape index (κ3) is 9.97. The molecule has 2 aliphatic carbocycles. The second-order valence-corrected chi connectivity index (χ2v) is 15.9. The van der Waals surface area contributed by atoms with E-state index < -0.39 is 17.4 Å². The van der Waals surface area contributed by atoms with Crippen LogP contribution < -0.4 is 0 Å². The van der Waals surface area contributed by atoms with Gasteiger partial charge in [-0.25, -0.2) is 4.79 Å². The lowest BCUT2D eigenvalue weighted by atomic mass is 9.80. The van der Waals surface area contributed by atoms with Gasteiger partial charge in [-0.3, -0.25) is 0 Å². The number of hydrogen-bond donors (Lipinski definition) is 0. The number of benzene rings is 2. The van der Waals surface area contributed by atoms with E-state index in [1.165, 1.54) is 110 Å². The van der Waals surface area contributed by atoms with E-state index in [2.05, 4.69) is 65.8 Å². The summed E-state index contributed by atoms with van der Waals surface area (Å²) in [5.41, 5.74) is 10.5. The molecule has 2 fully saturated rings. The Bertz CT molecular complexity index is 1210.